The summed E-state index contributed by atoms with van der Waals surface area (Å²) >= 11 is 0. The SMILES string of the molecule is Cn1c(=O)cc2c3c(c(Nc4ccc(S(=O)(=O)[O-])cc4)ccc31)C(=O)c1ccccc1-2.[Li+]. The van der Waals surface area contributed by atoms with E-state index in [4.69, 9.17) is 0 Å². The molecule has 1 heterocycles. The first-order valence-electron chi connectivity index (χ1n) is 9.39. The second kappa shape index (κ2) is 7.76. The van der Waals surface area contributed by atoms with Gasteiger partial charge in [0.05, 0.1) is 21.7 Å². The molecule has 0 radical (unpaired) electrons. The van der Waals surface area contributed by atoms with Crippen molar-refractivity contribution in [2.24, 2.45) is 7.05 Å². The topological polar surface area (TPSA) is 108 Å². The van der Waals surface area contributed by atoms with Crippen molar-refractivity contribution in [3.63, 3.8) is 0 Å². The van der Waals surface area contributed by atoms with Crippen LogP contribution in [0, 0.1) is 0 Å². The molecule has 0 saturated carbocycles. The number of rotatable bonds is 3. The van der Waals surface area contributed by atoms with E-state index in [2.05, 4.69) is 5.32 Å². The number of carbonyl (C=O) groups excluding carboxylic acids is 1. The Balaban J connectivity index is 0.00000245. The number of hydrogen-bond donors (Lipinski definition) is 1. The van der Waals surface area contributed by atoms with Gasteiger partial charge in [-0.05, 0) is 47.5 Å². The summed E-state index contributed by atoms with van der Waals surface area (Å²) in [5.41, 5.74) is 3.84. The molecule has 0 amide bonds. The molecule has 1 aliphatic rings. The number of carbonyl (C=O) groups is 1. The van der Waals surface area contributed by atoms with Crippen molar-refractivity contribution >= 4 is 38.2 Å². The maximum atomic E-state index is 13.4. The molecule has 0 saturated heterocycles. The number of aromatic nitrogens is 1. The summed E-state index contributed by atoms with van der Waals surface area (Å²) in [5, 5.41) is 3.82. The van der Waals surface area contributed by atoms with Crippen LogP contribution in [0.4, 0.5) is 11.4 Å². The molecule has 9 heteroatoms. The number of nitrogens with one attached hydrogen (secondary N) is 1. The van der Waals surface area contributed by atoms with E-state index >= 15 is 0 Å². The molecule has 0 bridgehead atoms. The molecule has 1 aromatic heterocycles. The fourth-order valence-electron chi connectivity index (χ4n) is 4.02. The standard InChI is InChI=1S/C23H16N2O5S.Li/c1-25-19-11-10-18(24-13-6-8-14(9-7-13)31(28,29)30)22-21(19)17(12-20(25)26)15-4-2-3-5-16(15)23(22)27;/h2-12,24H,1H3,(H,28,29,30);/q;+1/p-1. The minimum Gasteiger partial charge on any atom is -0.744 e. The Hall–Kier alpha value is -3.15. The Kier molecular flexibility index (Phi) is 5.35. The maximum absolute atomic E-state index is 13.4. The van der Waals surface area contributed by atoms with E-state index in [1.54, 1.807) is 31.3 Å². The van der Waals surface area contributed by atoms with Gasteiger partial charge in [-0.2, -0.15) is 0 Å². The van der Waals surface area contributed by atoms with Gasteiger partial charge in [0.2, 0.25) is 0 Å². The summed E-state index contributed by atoms with van der Waals surface area (Å²) in [6, 6.07) is 17.5. The zero-order valence-corrected chi connectivity index (χ0v) is 18.1. The molecule has 3 aromatic carbocycles. The van der Waals surface area contributed by atoms with Gasteiger partial charge in [-0.3, -0.25) is 9.59 Å². The second-order valence-corrected chi connectivity index (χ2v) is 8.70. The van der Waals surface area contributed by atoms with Crippen LogP contribution in [0.5, 0.6) is 0 Å². The van der Waals surface area contributed by atoms with E-state index in [-0.39, 0.29) is 35.1 Å². The number of aryl methyl sites for hydroxylation is 1. The molecule has 0 fully saturated rings. The number of fused-ring (bicyclic) bond motifs is 2. The molecule has 1 aliphatic carbocycles. The number of hydrogen-bond acceptors (Lipinski definition) is 6. The van der Waals surface area contributed by atoms with E-state index in [0.717, 1.165) is 0 Å². The summed E-state index contributed by atoms with van der Waals surface area (Å²) in [7, 11) is -2.89. The Morgan fingerprint density at radius 3 is 2.19 bits per heavy atom. The summed E-state index contributed by atoms with van der Waals surface area (Å²) in [5.74, 6) is -0.173. The van der Waals surface area contributed by atoms with Gasteiger partial charge in [0.25, 0.3) is 5.56 Å². The number of anilines is 2. The molecule has 0 aliphatic heterocycles. The third-order valence-electron chi connectivity index (χ3n) is 5.52. The van der Waals surface area contributed by atoms with E-state index in [0.29, 0.717) is 44.5 Å². The van der Waals surface area contributed by atoms with Crippen molar-refractivity contribution in [3.8, 4) is 11.1 Å². The van der Waals surface area contributed by atoms with Crippen molar-refractivity contribution < 1.29 is 36.6 Å². The van der Waals surface area contributed by atoms with Crippen molar-refractivity contribution in [1.29, 1.82) is 0 Å². The quantitative estimate of drug-likeness (QED) is 0.323. The van der Waals surface area contributed by atoms with Crippen molar-refractivity contribution in [2.45, 2.75) is 4.90 Å². The zero-order chi connectivity index (χ0) is 21.9. The fourth-order valence-corrected chi connectivity index (χ4v) is 4.49. The van der Waals surface area contributed by atoms with Gasteiger partial charge >= 0.3 is 18.9 Å². The van der Waals surface area contributed by atoms with Crippen molar-refractivity contribution in [2.75, 3.05) is 5.32 Å². The van der Waals surface area contributed by atoms with E-state index < -0.39 is 10.1 Å². The fraction of sp³-hybridized carbons (Fsp3) is 0.0435. The Morgan fingerprint density at radius 1 is 0.875 bits per heavy atom. The van der Waals surface area contributed by atoms with Gasteiger partial charge in [-0.15, -0.1) is 0 Å². The van der Waals surface area contributed by atoms with E-state index in [1.807, 2.05) is 12.1 Å². The van der Waals surface area contributed by atoms with Gasteiger partial charge in [0.1, 0.15) is 10.1 Å². The van der Waals surface area contributed by atoms with E-state index in [9.17, 15) is 22.6 Å². The minimum atomic E-state index is -4.55. The van der Waals surface area contributed by atoms with Crippen LogP contribution < -0.4 is 29.7 Å². The largest absolute Gasteiger partial charge is 1.00 e. The number of pyridine rings is 1. The smallest absolute Gasteiger partial charge is 0.744 e. The van der Waals surface area contributed by atoms with Crippen LogP contribution in [0.1, 0.15) is 15.9 Å². The van der Waals surface area contributed by atoms with E-state index in [1.165, 1.54) is 34.9 Å². The second-order valence-electron chi connectivity index (χ2n) is 7.32. The third-order valence-corrected chi connectivity index (χ3v) is 6.37. The monoisotopic (exact) mass is 438 g/mol. The van der Waals surface area contributed by atoms with Crippen LogP contribution in [0.25, 0.3) is 22.0 Å². The molecule has 7 nitrogen and oxygen atoms in total. The average molecular weight is 438 g/mol. The van der Waals surface area contributed by atoms with Gasteiger partial charge in [0.15, 0.2) is 5.78 Å². The van der Waals surface area contributed by atoms with Gasteiger partial charge in [-0.25, -0.2) is 8.42 Å². The predicted octanol–water partition coefficient (Wildman–Crippen LogP) is 0.402. The molecular weight excluding hydrogens is 423 g/mol. The van der Waals surface area contributed by atoms with Crippen LogP contribution >= 0.6 is 0 Å². The van der Waals surface area contributed by atoms with Gasteiger partial charge in [-0.1, -0.05) is 24.3 Å². The van der Waals surface area contributed by atoms with Crippen LogP contribution in [0.3, 0.4) is 0 Å². The zero-order valence-electron chi connectivity index (χ0n) is 17.2. The Bertz CT molecular complexity index is 1580. The average Bonchev–Trinajstić information content (AvgIpc) is 2.75. The number of nitrogens with zero attached hydrogens (tertiary/aromatic N) is 1. The van der Waals surface area contributed by atoms with Crippen LogP contribution in [-0.2, 0) is 17.2 Å². The first-order valence-corrected chi connectivity index (χ1v) is 10.8. The Labute approximate surface area is 195 Å². The van der Waals surface area contributed by atoms with Crippen LogP contribution in [0.15, 0.2) is 76.4 Å². The summed E-state index contributed by atoms with van der Waals surface area (Å²) in [6.45, 7) is 0. The molecule has 0 unspecified atom stereocenters. The molecule has 154 valence electrons. The van der Waals surface area contributed by atoms with Crippen molar-refractivity contribution in [3.05, 3.63) is 88.2 Å². The molecule has 5 rings (SSSR count). The predicted molar refractivity (Wildman–Crippen MR) is 116 cm³/mol. The molecular formula is C23H15LiN2O5S. The summed E-state index contributed by atoms with van der Waals surface area (Å²) in [6.07, 6.45) is 0. The normalized spacial score (nSPS) is 12.2. The number of ketones is 1. The third kappa shape index (κ3) is 3.38. The summed E-state index contributed by atoms with van der Waals surface area (Å²) in [4.78, 5) is 25.6. The van der Waals surface area contributed by atoms with Gasteiger partial charge < -0.3 is 14.4 Å². The molecule has 0 atom stereocenters. The Morgan fingerprint density at radius 2 is 1.53 bits per heavy atom. The van der Waals surface area contributed by atoms with Gasteiger partial charge in [0, 0.05) is 29.8 Å². The van der Waals surface area contributed by atoms with Crippen LogP contribution in [-0.4, -0.2) is 23.3 Å². The summed E-state index contributed by atoms with van der Waals surface area (Å²) < 4.78 is 35.0. The number of benzene rings is 3. The first kappa shape index (κ1) is 22.1. The molecule has 1 N–H and O–H groups in total. The molecule has 0 spiro atoms. The van der Waals surface area contributed by atoms with Crippen molar-refractivity contribution in [1.82, 2.24) is 4.57 Å². The maximum Gasteiger partial charge on any atom is 1.00 e. The minimum absolute atomic E-state index is 0. The molecule has 32 heavy (non-hydrogen) atoms. The first-order chi connectivity index (χ1) is 14.8. The molecule has 4 aromatic rings. The van der Waals surface area contributed by atoms with Crippen LogP contribution in [0.2, 0.25) is 0 Å².